The maximum absolute atomic E-state index is 12.1. The second-order valence-electron chi connectivity index (χ2n) is 7.03. The average molecular weight is 373 g/mol. The molecule has 1 N–H and O–H groups in total. The number of anilines is 1. The highest BCUT2D eigenvalue weighted by Crippen LogP contribution is 2.22. The van der Waals surface area contributed by atoms with Crippen molar-refractivity contribution in [1.82, 2.24) is 0 Å². The van der Waals surface area contributed by atoms with Gasteiger partial charge in [-0.25, -0.2) is 0 Å². The summed E-state index contributed by atoms with van der Waals surface area (Å²) in [6, 6.07) is 24.2. The second kappa shape index (κ2) is 9.75. The van der Waals surface area contributed by atoms with Crippen LogP contribution in [-0.4, -0.2) is 12.5 Å². The standard InChI is InChI=1S/C25H27NO2/c1-3-4-5-20-8-14-23(15-9-20)26-25(27)18-28-24-16-12-22(13-17-24)21-10-6-19(2)7-11-21/h6-17H,3-5,18H2,1-2H3,(H,26,27). The van der Waals surface area contributed by atoms with Crippen molar-refractivity contribution >= 4 is 11.6 Å². The van der Waals surface area contributed by atoms with E-state index in [1.54, 1.807) is 0 Å². The summed E-state index contributed by atoms with van der Waals surface area (Å²) in [5, 5.41) is 2.87. The molecule has 0 fully saturated rings. The van der Waals surface area contributed by atoms with Crippen molar-refractivity contribution in [2.45, 2.75) is 33.1 Å². The lowest BCUT2D eigenvalue weighted by atomic mass is 10.0. The first-order valence-electron chi connectivity index (χ1n) is 9.83. The lowest BCUT2D eigenvalue weighted by Crippen LogP contribution is -2.20. The Morgan fingerprint density at radius 3 is 2.07 bits per heavy atom. The van der Waals surface area contributed by atoms with Gasteiger partial charge in [-0.2, -0.15) is 0 Å². The normalized spacial score (nSPS) is 10.5. The van der Waals surface area contributed by atoms with Crippen molar-refractivity contribution in [2.24, 2.45) is 0 Å². The Hall–Kier alpha value is -3.07. The van der Waals surface area contributed by atoms with Crippen LogP contribution in [0.25, 0.3) is 11.1 Å². The SMILES string of the molecule is CCCCc1ccc(NC(=O)COc2ccc(-c3ccc(C)cc3)cc2)cc1. The minimum absolute atomic E-state index is 0.0124. The number of hydrogen-bond donors (Lipinski definition) is 1. The molecule has 3 aromatic carbocycles. The molecular weight excluding hydrogens is 346 g/mol. The van der Waals surface area contributed by atoms with E-state index >= 15 is 0 Å². The number of ether oxygens (including phenoxy) is 1. The number of aryl methyl sites for hydroxylation is 2. The number of nitrogens with one attached hydrogen (secondary N) is 1. The smallest absolute Gasteiger partial charge is 0.262 e. The molecule has 3 heteroatoms. The number of rotatable bonds is 8. The van der Waals surface area contributed by atoms with E-state index in [0.29, 0.717) is 5.75 Å². The van der Waals surface area contributed by atoms with Gasteiger partial charge in [-0.15, -0.1) is 0 Å². The zero-order valence-electron chi connectivity index (χ0n) is 16.6. The molecule has 3 rings (SSSR count). The molecule has 0 radical (unpaired) electrons. The maximum atomic E-state index is 12.1. The van der Waals surface area contributed by atoms with E-state index in [9.17, 15) is 4.79 Å². The molecule has 0 saturated carbocycles. The summed E-state index contributed by atoms with van der Waals surface area (Å²) in [5.74, 6) is 0.518. The molecule has 0 bridgehead atoms. The van der Waals surface area contributed by atoms with Gasteiger partial charge in [-0.1, -0.05) is 67.4 Å². The topological polar surface area (TPSA) is 38.3 Å². The monoisotopic (exact) mass is 373 g/mol. The van der Waals surface area contributed by atoms with E-state index in [0.717, 1.165) is 23.2 Å². The molecule has 0 unspecified atom stereocenters. The van der Waals surface area contributed by atoms with Gasteiger partial charge in [0.25, 0.3) is 5.91 Å². The minimum Gasteiger partial charge on any atom is -0.484 e. The van der Waals surface area contributed by atoms with Crippen LogP contribution in [-0.2, 0) is 11.2 Å². The molecule has 3 aromatic rings. The highest BCUT2D eigenvalue weighted by molar-refractivity contribution is 5.91. The van der Waals surface area contributed by atoms with Gasteiger partial charge in [0.1, 0.15) is 5.75 Å². The van der Waals surface area contributed by atoms with Crippen LogP contribution in [0.4, 0.5) is 5.69 Å². The highest BCUT2D eigenvalue weighted by atomic mass is 16.5. The largest absolute Gasteiger partial charge is 0.484 e. The van der Waals surface area contributed by atoms with Crippen LogP contribution in [0.3, 0.4) is 0 Å². The number of benzene rings is 3. The third-order valence-electron chi connectivity index (χ3n) is 4.67. The zero-order chi connectivity index (χ0) is 19.8. The van der Waals surface area contributed by atoms with Gasteiger partial charge in [-0.3, -0.25) is 4.79 Å². The first kappa shape index (κ1) is 19.7. The number of carbonyl (C=O) groups excluding carboxylic acids is 1. The van der Waals surface area contributed by atoms with Crippen LogP contribution in [0, 0.1) is 6.92 Å². The van der Waals surface area contributed by atoms with Crippen molar-refractivity contribution in [3.8, 4) is 16.9 Å². The van der Waals surface area contributed by atoms with E-state index in [1.165, 1.54) is 24.0 Å². The minimum atomic E-state index is -0.163. The lowest BCUT2D eigenvalue weighted by Gasteiger charge is -2.09. The Kier molecular flexibility index (Phi) is 6.85. The Labute approximate surface area is 167 Å². The van der Waals surface area contributed by atoms with Crippen LogP contribution in [0.5, 0.6) is 5.75 Å². The quantitative estimate of drug-likeness (QED) is 0.524. The van der Waals surface area contributed by atoms with E-state index < -0.39 is 0 Å². The molecule has 0 atom stereocenters. The Balaban J connectivity index is 1.49. The fraction of sp³-hybridized carbons (Fsp3) is 0.240. The molecule has 0 aromatic heterocycles. The maximum Gasteiger partial charge on any atom is 0.262 e. The molecular formula is C25H27NO2. The number of hydrogen-bond acceptors (Lipinski definition) is 2. The first-order chi connectivity index (χ1) is 13.6. The zero-order valence-corrected chi connectivity index (χ0v) is 16.6. The lowest BCUT2D eigenvalue weighted by molar-refractivity contribution is -0.118. The molecule has 0 heterocycles. The summed E-state index contributed by atoms with van der Waals surface area (Å²) in [6.07, 6.45) is 3.44. The van der Waals surface area contributed by atoms with Gasteiger partial charge in [0, 0.05) is 5.69 Å². The summed E-state index contributed by atoms with van der Waals surface area (Å²) in [4.78, 5) is 12.1. The molecule has 144 valence electrons. The summed E-state index contributed by atoms with van der Waals surface area (Å²) < 4.78 is 5.61. The van der Waals surface area contributed by atoms with Crippen LogP contribution < -0.4 is 10.1 Å². The van der Waals surface area contributed by atoms with Crippen molar-refractivity contribution in [2.75, 3.05) is 11.9 Å². The third kappa shape index (κ3) is 5.71. The number of amides is 1. The fourth-order valence-electron chi connectivity index (χ4n) is 2.97. The Morgan fingerprint density at radius 1 is 0.857 bits per heavy atom. The van der Waals surface area contributed by atoms with Gasteiger partial charge in [-0.05, 0) is 60.7 Å². The molecule has 28 heavy (non-hydrogen) atoms. The summed E-state index contributed by atoms with van der Waals surface area (Å²) in [6.45, 7) is 4.25. The highest BCUT2D eigenvalue weighted by Gasteiger charge is 2.05. The fourth-order valence-corrected chi connectivity index (χ4v) is 2.97. The predicted octanol–water partition coefficient (Wildman–Crippen LogP) is 6.02. The molecule has 3 nitrogen and oxygen atoms in total. The molecule has 0 aliphatic carbocycles. The van der Waals surface area contributed by atoms with Crippen LogP contribution >= 0.6 is 0 Å². The van der Waals surface area contributed by atoms with Crippen molar-refractivity contribution in [3.63, 3.8) is 0 Å². The number of carbonyl (C=O) groups is 1. The summed E-state index contributed by atoms with van der Waals surface area (Å²) in [7, 11) is 0. The van der Waals surface area contributed by atoms with Gasteiger partial charge in [0.2, 0.25) is 0 Å². The van der Waals surface area contributed by atoms with Crippen molar-refractivity contribution in [3.05, 3.63) is 83.9 Å². The van der Waals surface area contributed by atoms with Gasteiger partial charge < -0.3 is 10.1 Å². The van der Waals surface area contributed by atoms with Crippen molar-refractivity contribution < 1.29 is 9.53 Å². The van der Waals surface area contributed by atoms with Crippen LogP contribution in [0.2, 0.25) is 0 Å². The third-order valence-corrected chi connectivity index (χ3v) is 4.67. The Bertz CT molecular complexity index is 881. The van der Waals surface area contributed by atoms with E-state index in [2.05, 4.69) is 55.6 Å². The van der Waals surface area contributed by atoms with E-state index in [1.807, 2.05) is 36.4 Å². The molecule has 1 amide bonds. The Morgan fingerprint density at radius 2 is 1.46 bits per heavy atom. The van der Waals surface area contributed by atoms with E-state index in [4.69, 9.17) is 4.74 Å². The summed E-state index contributed by atoms with van der Waals surface area (Å²) >= 11 is 0. The van der Waals surface area contributed by atoms with Crippen molar-refractivity contribution in [1.29, 1.82) is 0 Å². The average Bonchev–Trinajstić information content (AvgIpc) is 2.73. The van der Waals surface area contributed by atoms with E-state index in [-0.39, 0.29) is 12.5 Å². The van der Waals surface area contributed by atoms with Gasteiger partial charge in [0.15, 0.2) is 6.61 Å². The van der Waals surface area contributed by atoms with Gasteiger partial charge in [0.05, 0.1) is 0 Å². The molecule has 0 saturated heterocycles. The van der Waals surface area contributed by atoms with Crippen LogP contribution in [0.15, 0.2) is 72.8 Å². The molecule has 0 spiro atoms. The second-order valence-corrected chi connectivity index (χ2v) is 7.03. The molecule has 0 aliphatic heterocycles. The molecule has 0 aliphatic rings. The van der Waals surface area contributed by atoms with Crippen LogP contribution in [0.1, 0.15) is 30.9 Å². The summed E-state index contributed by atoms with van der Waals surface area (Å²) in [5.41, 5.74) is 5.62. The number of unbranched alkanes of at least 4 members (excludes halogenated alkanes) is 1. The first-order valence-corrected chi connectivity index (χ1v) is 9.83. The predicted molar refractivity (Wildman–Crippen MR) is 116 cm³/mol. The van der Waals surface area contributed by atoms with Gasteiger partial charge >= 0.3 is 0 Å².